The number of nitrogens with one attached hydrogen (secondary N) is 2. The Morgan fingerprint density at radius 1 is 1.41 bits per heavy atom. The number of alkyl halides is 3. The van der Waals surface area contributed by atoms with E-state index in [1.807, 2.05) is 0 Å². The summed E-state index contributed by atoms with van der Waals surface area (Å²) in [7, 11) is 0. The summed E-state index contributed by atoms with van der Waals surface area (Å²) in [5.41, 5.74) is 0. The number of aromatic amines is 1. The van der Waals surface area contributed by atoms with Crippen molar-refractivity contribution in [2.24, 2.45) is 0 Å². The molecule has 0 radical (unpaired) electrons. The van der Waals surface area contributed by atoms with Crippen molar-refractivity contribution < 1.29 is 18.0 Å². The lowest BCUT2D eigenvalue weighted by molar-refractivity contribution is -0.144. The SMILES string of the molecule is CC(CCC(=O)NCc1nc(C(F)(F)F)n[nH]1)N1CCCC1. The number of aromatic nitrogens is 3. The van der Waals surface area contributed by atoms with E-state index in [1.165, 1.54) is 12.8 Å². The van der Waals surface area contributed by atoms with Gasteiger partial charge in [0.15, 0.2) is 0 Å². The van der Waals surface area contributed by atoms with E-state index in [-0.39, 0.29) is 18.3 Å². The number of rotatable bonds is 6. The van der Waals surface area contributed by atoms with Gasteiger partial charge >= 0.3 is 6.18 Å². The van der Waals surface area contributed by atoms with Crippen molar-refractivity contribution in [3.8, 4) is 0 Å². The van der Waals surface area contributed by atoms with Gasteiger partial charge in [0.05, 0.1) is 6.54 Å². The standard InChI is InChI=1S/C13H20F3N5O/c1-9(21-6-2-3-7-21)4-5-11(22)17-8-10-18-12(20-19-10)13(14,15)16/h9H,2-8H2,1H3,(H,17,22)(H,18,19,20). The van der Waals surface area contributed by atoms with E-state index in [0.29, 0.717) is 12.5 Å². The molecule has 1 atom stereocenters. The average Bonchev–Trinajstić information content (AvgIpc) is 3.12. The highest BCUT2D eigenvalue weighted by Gasteiger charge is 2.36. The van der Waals surface area contributed by atoms with E-state index in [4.69, 9.17) is 0 Å². The highest BCUT2D eigenvalue weighted by Crippen LogP contribution is 2.25. The van der Waals surface area contributed by atoms with Crippen LogP contribution in [0.2, 0.25) is 0 Å². The van der Waals surface area contributed by atoms with E-state index in [2.05, 4.69) is 32.3 Å². The molecule has 6 nitrogen and oxygen atoms in total. The quantitative estimate of drug-likeness (QED) is 0.837. The second-order valence-electron chi connectivity index (χ2n) is 5.51. The normalized spacial score (nSPS) is 17.6. The van der Waals surface area contributed by atoms with Gasteiger partial charge < -0.3 is 10.2 Å². The van der Waals surface area contributed by atoms with Gasteiger partial charge in [-0.1, -0.05) is 0 Å². The first kappa shape index (κ1) is 16.7. The molecule has 22 heavy (non-hydrogen) atoms. The fraction of sp³-hybridized carbons (Fsp3) is 0.769. The zero-order chi connectivity index (χ0) is 16.2. The number of H-pyrrole nitrogens is 1. The van der Waals surface area contributed by atoms with Crippen LogP contribution in [-0.4, -0.2) is 45.1 Å². The summed E-state index contributed by atoms with van der Waals surface area (Å²) < 4.78 is 37.0. The Morgan fingerprint density at radius 2 is 2.09 bits per heavy atom. The second-order valence-corrected chi connectivity index (χ2v) is 5.51. The Bertz CT molecular complexity index is 496. The summed E-state index contributed by atoms with van der Waals surface area (Å²) >= 11 is 0. The largest absolute Gasteiger partial charge is 0.453 e. The first-order valence-electron chi connectivity index (χ1n) is 7.35. The van der Waals surface area contributed by atoms with Gasteiger partial charge in [0.2, 0.25) is 5.91 Å². The summed E-state index contributed by atoms with van der Waals surface area (Å²) in [6, 6.07) is 0.343. The van der Waals surface area contributed by atoms with E-state index in [0.717, 1.165) is 19.5 Å². The third-order valence-corrected chi connectivity index (χ3v) is 3.79. The molecule has 0 aromatic carbocycles. The molecule has 1 saturated heterocycles. The van der Waals surface area contributed by atoms with E-state index in [1.54, 1.807) is 0 Å². The molecule has 0 aliphatic carbocycles. The Kier molecular flexibility index (Phi) is 5.38. The van der Waals surface area contributed by atoms with Crippen LogP contribution in [0, 0.1) is 0 Å². The van der Waals surface area contributed by atoms with Gasteiger partial charge in [-0.25, -0.2) is 4.98 Å². The van der Waals surface area contributed by atoms with Crippen LogP contribution in [-0.2, 0) is 17.5 Å². The summed E-state index contributed by atoms with van der Waals surface area (Å²) in [5, 5.41) is 7.80. The fourth-order valence-corrected chi connectivity index (χ4v) is 2.48. The van der Waals surface area contributed by atoms with Crippen molar-refractivity contribution in [3.63, 3.8) is 0 Å². The monoisotopic (exact) mass is 319 g/mol. The Hall–Kier alpha value is -1.64. The molecule has 0 spiro atoms. The summed E-state index contributed by atoms with van der Waals surface area (Å²) in [5.74, 6) is -1.43. The summed E-state index contributed by atoms with van der Waals surface area (Å²) in [4.78, 5) is 17.4. The van der Waals surface area contributed by atoms with Crippen molar-refractivity contribution in [3.05, 3.63) is 11.6 Å². The lowest BCUT2D eigenvalue weighted by atomic mass is 10.1. The predicted molar refractivity (Wildman–Crippen MR) is 72.7 cm³/mol. The highest BCUT2D eigenvalue weighted by atomic mass is 19.4. The van der Waals surface area contributed by atoms with Crippen LogP contribution in [0.4, 0.5) is 13.2 Å². The molecule has 2 rings (SSSR count). The number of amides is 1. The van der Waals surface area contributed by atoms with Gasteiger partial charge in [0.1, 0.15) is 5.82 Å². The molecule has 124 valence electrons. The zero-order valence-electron chi connectivity index (χ0n) is 12.4. The summed E-state index contributed by atoms with van der Waals surface area (Å²) in [6.45, 7) is 4.15. The molecule has 2 N–H and O–H groups in total. The van der Waals surface area contributed by atoms with Crippen molar-refractivity contribution >= 4 is 5.91 Å². The molecule has 1 aliphatic rings. The van der Waals surface area contributed by atoms with E-state index < -0.39 is 12.0 Å². The van der Waals surface area contributed by atoms with Crippen LogP contribution < -0.4 is 5.32 Å². The number of hydrogen-bond donors (Lipinski definition) is 2. The number of likely N-dealkylation sites (tertiary alicyclic amines) is 1. The maximum Gasteiger partial charge on any atom is 0.453 e. The first-order chi connectivity index (χ1) is 10.4. The third kappa shape index (κ3) is 4.69. The number of halogens is 3. The molecule has 0 bridgehead atoms. The molecule has 1 amide bonds. The summed E-state index contributed by atoms with van der Waals surface area (Å²) in [6.07, 6.45) is -1.11. The maximum atomic E-state index is 12.3. The highest BCUT2D eigenvalue weighted by molar-refractivity contribution is 5.75. The Labute approximate surface area is 126 Å². The van der Waals surface area contributed by atoms with E-state index in [9.17, 15) is 18.0 Å². The van der Waals surface area contributed by atoms with Crippen LogP contribution in [0.25, 0.3) is 0 Å². The Morgan fingerprint density at radius 3 is 2.68 bits per heavy atom. The molecule has 1 fully saturated rings. The molecule has 1 unspecified atom stereocenters. The fourth-order valence-electron chi connectivity index (χ4n) is 2.48. The number of carbonyl (C=O) groups excluding carboxylic acids is 1. The van der Waals surface area contributed by atoms with Gasteiger partial charge in [-0.3, -0.25) is 9.89 Å². The van der Waals surface area contributed by atoms with Crippen LogP contribution >= 0.6 is 0 Å². The van der Waals surface area contributed by atoms with Gasteiger partial charge in [-0.15, -0.1) is 5.10 Å². The minimum atomic E-state index is -4.58. The van der Waals surface area contributed by atoms with Gasteiger partial charge in [-0.05, 0) is 39.3 Å². The lowest BCUT2D eigenvalue weighted by Crippen LogP contribution is -2.32. The zero-order valence-corrected chi connectivity index (χ0v) is 12.4. The minimum Gasteiger partial charge on any atom is -0.349 e. The molecular formula is C13H20F3N5O. The predicted octanol–water partition coefficient (Wildman–Crippen LogP) is 1.70. The molecule has 2 heterocycles. The van der Waals surface area contributed by atoms with Crippen molar-refractivity contribution in [1.82, 2.24) is 25.4 Å². The molecule has 0 saturated carbocycles. The maximum absolute atomic E-state index is 12.3. The first-order valence-corrected chi connectivity index (χ1v) is 7.35. The van der Waals surface area contributed by atoms with Crippen LogP contribution in [0.5, 0.6) is 0 Å². The smallest absolute Gasteiger partial charge is 0.349 e. The van der Waals surface area contributed by atoms with Crippen LogP contribution in [0.3, 0.4) is 0 Å². The third-order valence-electron chi connectivity index (χ3n) is 3.79. The van der Waals surface area contributed by atoms with Crippen LogP contribution in [0.15, 0.2) is 0 Å². The second kappa shape index (κ2) is 7.08. The van der Waals surface area contributed by atoms with E-state index >= 15 is 0 Å². The van der Waals surface area contributed by atoms with Crippen molar-refractivity contribution in [1.29, 1.82) is 0 Å². The average molecular weight is 319 g/mol. The van der Waals surface area contributed by atoms with Crippen LogP contribution in [0.1, 0.15) is 44.3 Å². The van der Waals surface area contributed by atoms with Gasteiger partial charge in [0.25, 0.3) is 5.82 Å². The lowest BCUT2D eigenvalue weighted by Gasteiger charge is -2.23. The minimum absolute atomic E-state index is 0.00623. The number of nitrogens with zero attached hydrogens (tertiary/aromatic N) is 3. The van der Waals surface area contributed by atoms with Gasteiger partial charge in [-0.2, -0.15) is 13.2 Å². The molecule has 1 aromatic heterocycles. The topological polar surface area (TPSA) is 73.9 Å². The number of carbonyl (C=O) groups is 1. The number of hydrogen-bond acceptors (Lipinski definition) is 4. The Balaban J connectivity index is 1.70. The van der Waals surface area contributed by atoms with Crippen molar-refractivity contribution in [2.45, 2.75) is 51.4 Å². The molecule has 1 aliphatic heterocycles. The van der Waals surface area contributed by atoms with Crippen molar-refractivity contribution in [2.75, 3.05) is 13.1 Å². The molecule has 9 heteroatoms. The molecule has 1 aromatic rings. The van der Waals surface area contributed by atoms with Gasteiger partial charge in [0, 0.05) is 12.5 Å². The molecular weight excluding hydrogens is 299 g/mol.